The van der Waals surface area contributed by atoms with Crippen molar-refractivity contribution in [3.05, 3.63) is 69.8 Å². The number of hydrogen-bond acceptors (Lipinski definition) is 5. The molecule has 0 atom stereocenters. The number of carbonyl (C=O) groups is 2. The van der Waals surface area contributed by atoms with Crippen LogP contribution in [0.25, 0.3) is 0 Å². The third kappa shape index (κ3) is 4.57. The molecule has 2 aromatic rings. The van der Waals surface area contributed by atoms with Gasteiger partial charge in [0.25, 0.3) is 0 Å². The Balaban J connectivity index is 1.26. The fourth-order valence-electron chi connectivity index (χ4n) is 3.97. The highest BCUT2D eigenvalue weighted by Gasteiger charge is 2.23. The molecule has 1 fully saturated rings. The summed E-state index contributed by atoms with van der Waals surface area (Å²) in [6.07, 6.45) is 0.731. The smallest absolute Gasteiger partial charge is 0.338 e. The SMILES string of the molecule is N#Cc1c(F)cc(CC(=O)N2CCN(CCc3ccc4c(c3)COC4=O)CC2)cc1F. The third-order valence-electron chi connectivity index (χ3n) is 5.76. The Morgan fingerprint density at radius 1 is 1.06 bits per heavy atom. The summed E-state index contributed by atoms with van der Waals surface area (Å²) < 4.78 is 32.5. The number of nitriles is 1. The summed E-state index contributed by atoms with van der Waals surface area (Å²) in [6, 6.07) is 9.34. The van der Waals surface area contributed by atoms with Gasteiger partial charge in [0, 0.05) is 38.3 Å². The van der Waals surface area contributed by atoms with Crippen molar-refractivity contribution in [3.8, 4) is 6.07 Å². The van der Waals surface area contributed by atoms with Crippen molar-refractivity contribution in [2.45, 2.75) is 19.4 Å². The minimum atomic E-state index is -0.947. The molecule has 1 saturated heterocycles. The van der Waals surface area contributed by atoms with Gasteiger partial charge in [0.15, 0.2) is 0 Å². The molecule has 2 heterocycles. The molecule has 0 aliphatic carbocycles. The monoisotopic (exact) mass is 425 g/mol. The summed E-state index contributed by atoms with van der Waals surface area (Å²) in [5.74, 6) is -2.35. The van der Waals surface area contributed by atoms with Crippen LogP contribution in [-0.4, -0.2) is 54.4 Å². The van der Waals surface area contributed by atoms with Crippen molar-refractivity contribution in [2.24, 2.45) is 0 Å². The molecule has 2 aliphatic rings. The van der Waals surface area contributed by atoms with Crippen LogP contribution in [0.1, 0.15) is 32.6 Å². The molecule has 8 heteroatoms. The number of fused-ring (bicyclic) bond motifs is 1. The van der Waals surface area contributed by atoms with Crippen molar-refractivity contribution in [3.63, 3.8) is 0 Å². The van der Waals surface area contributed by atoms with Gasteiger partial charge in [0.2, 0.25) is 5.91 Å². The number of esters is 1. The van der Waals surface area contributed by atoms with Crippen molar-refractivity contribution >= 4 is 11.9 Å². The second-order valence-electron chi connectivity index (χ2n) is 7.76. The van der Waals surface area contributed by atoms with Crippen LogP contribution in [0.4, 0.5) is 8.78 Å². The largest absolute Gasteiger partial charge is 0.457 e. The van der Waals surface area contributed by atoms with E-state index in [4.69, 9.17) is 10.00 Å². The Kier molecular flexibility index (Phi) is 5.96. The van der Waals surface area contributed by atoms with Gasteiger partial charge in [0.1, 0.15) is 29.9 Å². The summed E-state index contributed by atoms with van der Waals surface area (Å²) in [5.41, 5.74) is 2.29. The van der Waals surface area contributed by atoms with Gasteiger partial charge >= 0.3 is 5.97 Å². The van der Waals surface area contributed by atoms with Gasteiger partial charge in [-0.15, -0.1) is 0 Å². The van der Waals surface area contributed by atoms with Crippen LogP contribution in [-0.2, 0) is 29.0 Å². The van der Waals surface area contributed by atoms with Crippen LogP contribution in [0.15, 0.2) is 30.3 Å². The number of benzene rings is 2. The zero-order valence-electron chi connectivity index (χ0n) is 16.9. The fourth-order valence-corrected chi connectivity index (χ4v) is 3.97. The average molecular weight is 425 g/mol. The lowest BCUT2D eigenvalue weighted by Gasteiger charge is -2.35. The van der Waals surface area contributed by atoms with Gasteiger partial charge in [-0.05, 0) is 35.7 Å². The first kappa shape index (κ1) is 20.9. The molecule has 0 N–H and O–H groups in total. The molecule has 0 spiro atoms. The van der Waals surface area contributed by atoms with E-state index in [2.05, 4.69) is 4.90 Å². The number of rotatable bonds is 5. The van der Waals surface area contributed by atoms with Crippen molar-refractivity contribution in [1.82, 2.24) is 9.80 Å². The number of piperazine rings is 1. The van der Waals surface area contributed by atoms with Gasteiger partial charge in [-0.3, -0.25) is 9.69 Å². The second kappa shape index (κ2) is 8.82. The first-order valence-corrected chi connectivity index (χ1v) is 10.1. The van der Waals surface area contributed by atoms with E-state index in [9.17, 15) is 18.4 Å². The van der Waals surface area contributed by atoms with Crippen molar-refractivity contribution in [2.75, 3.05) is 32.7 Å². The van der Waals surface area contributed by atoms with Gasteiger partial charge in [-0.25, -0.2) is 13.6 Å². The quantitative estimate of drug-likeness (QED) is 0.688. The number of carbonyl (C=O) groups excluding carboxylic acids is 2. The fraction of sp³-hybridized carbons (Fsp3) is 0.348. The first-order valence-electron chi connectivity index (χ1n) is 10.1. The van der Waals surface area contributed by atoms with E-state index in [1.807, 2.05) is 18.2 Å². The van der Waals surface area contributed by atoms with E-state index in [1.165, 1.54) is 6.07 Å². The van der Waals surface area contributed by atoms with Crippen LogP contribution in [0.3, 0.4) is 0 Å². The summed E-state index contributed by atoms with van der Waals surface area (Å²) >= 11 is 0. The van der Waals surface area contributed by atoms with Gasteiger partial charge < -0.3 is 9.64 Å². The standard InChI is InChI=1S/C23H21F2N3O3/c24-20-10-16(11-21(25)19(20)13-26)12-22(29)28-7-5-27(6-8-28)4-3-15-1-2-18-17(9-15)14-31-23(18)30/h1-2,9-11H,3-8,12,14H2. The van der Waals surface area contributed by atoms with E-state index >= 15 is 0 Å². The lowest BCUT2D eigenvalue weighted by molar-refractivity contribution is -0.132. The number of ether oxygens (including phenoxy) is 1. The molecule has 160 valence electrons. The maximum absolute atomic E-state index is 13.8. The Morgan fingerprint density at radius 3 is 2.45 bits per heavy atom. The van der Waals surface area contributed by atoms with Crippen LogP contribution in [0.2, 0.25) is 0 Å². The van der Waals surface area contributed by atoms with E-state index in [0.29, 0.717) is 38.3 Å². The highest BCUT2D eigenvalue weighted by atomic mass is 19.1. The summed E-state index contributed by atoms with van der Waals surface area (Å²) in [4.78, 5) is 28.0. The van der Waals surface area contributed by atoms with Gasteiger partial charge in [-0.1, -0.05) is 12.1 Å². The van der Waals surface area contributed by atoms with E-state index in [0.717, 1.165) is 36.2 Å². The van der Waals surface area contributed by atoms with Crippen molar-refractivity contribution in [1.29, 1.82) is 5.26 Å². The zero-order chi connectivity index (χ0) is 22.0. The lowest BCUT2D eigenvalue weighted by atomic mass is 10.0. The van der Waals surface area contributed by atoms with E-state index in [1.54, 1.807) is 4.90 Å². The number of halogens is 2. The molecule has 2 aromatic carbocycles. The molecule has 0 saturated carbocycles. The zero-order valence-corrected chi connectivity index (χ0v) is 16.9. The van der Waals surface area contributed by atoms with Crippen LogP contribution in [0, 0.1) is 23.0 Å². The topological polar surface area (TPSA) is 73.6 Å². The predicted molar refractivity (Wildman–Crippen MR) is 107 cm³/mol. The van der Waals surface area contributed by atoms with Crippen LogP contribution < -0.4 is 0 Å². The van der Waals surface area contributed by atoms with Gasteiger partial charge in [0.05, 0.1) is 12.0 Å². The highest BCUT2D eigenvalue weighted by molar-refractivity contribution is 5.93. The number of amides is 1. The van der Waals surface area contributed by atoms with Crippen molar-refractivity contribution < 1.29 is 23.1 Å². The third-order valence-corrected chi connectivity index (χ3v) is 5.76. The van der Waals surface area contributed by atoms with Gasteiger partial charge in [-0.2, -0.15) is 5.26 Å². The first-order chi connectivity index (χ1) is 14.9. The molecule has 4 rings (SSSR count). The summed E-state index contributed by atoms with van der Waals surface area (Å²) in [5, 5.41) is 8.74. The molecule has 6 nitrogen and oxygen atoms in total. The Morgan fingerprint density at radius 2 is 1.77 bits per heavy atom. The molecule has 0 aromatic heterocycles. The maximum atomic E-state index is 13.8. The Bertz CT molecular complexity index is 1050. The minimum absolute atomic E-state index is 0.102. The predicted octanol–water partition coefficient (Wildman–Crippen LogP) is 2.44. The number of hydrogen-bond donors (Lipinski definition) is 0. The molecule has 0 bridgehead atoms. The Hall–Kier alpha value is -3.31. The van der Waals surface area contributed by atoms with Crippen LogP contribution >= 0.6 is 0 Å². The molecular formula is C23H21F2N3O3. The maximum Gasteiger partial charge on any atom is 0.338 e. The second-order valence-corrected chi connectivity index (χ2v) is 7.76. The molecule has 31 heavy (non-hydrogen) atoms. The van der Waals surface area contributed by atoms with E-state index in [-0.39, 0.29) is 23.9 Å². The average Bonchev–Trinajstić information content (AvgIpc) is 3.12. The van der Waals surface area contributed by atoms with E-state index < -0.39 is 17.2 Å². The molecular weight excluding hydrogens is 404 g/mol. The Labute approximate surface area is 178 Å². The highest BCUT2D eigenvalue weighted by Crippen LogP contribution is 2.21. The minimum Gasteiger partial charge on any atom is -0.457 e. The lowest BCUT2D eigenvalue weighted by Crippen LogP contribution is -2.49. The summed E-state index contributed by atoms with van der Waals surface area (Å²) in [7, 11) is 0. The summed E-state index contributed by atoms with van der Waals surface area (Å²) in [6.45, 7) is 3.69. The number of cyclic esters (lactones) is 1. The normalized spacial score (nSPS) is 16.0. The molecule has 0 unspecified atom stereocenters. The molecule has 2 aliphatic heterocycles. The molecule has 1 amide bonds. The molecule has 0 radical (unpaired) electrons. The number of nitrogens with zero attached hydrogens (tertiary/aromatic N) is 3. The van der Waals surface area contributed by atoms with Crippen LogP contribution in [0.5, 0.6) is 0 Å².